The van der Waals surface area contributed by atoms with E-state index in [9.17, 15) is 14.7 Å². The van der Waals surface area contributed by atoms with E-state index < -0.39 is 31.7 Å². The number of para-hydroxylation sites is 1. The van der Waals surface area contributed by atoms with Crippen LogP contribution in [0.3, 0.4) is 0 Å². The van der Waals surface area contributed by atoms with Crippen LogP contribution in [0, 0.1) is 0 Å². The number of rotatable bonds is 7. The minimum absolute atomic E-state index is 0.0160. The van der Waals surface area contributed by atoms with Crippen molar-refractivity contribution >= 4 is 31.7 Å². The van der Waals surface area contributed by atoms with Crippen LogP contribution in [0.5, 0.6) is 5.75 Å². The average molecular weight is 428 g/mol. The zero-order valence-electron chi connectivity index (χ0n) is 14.7. The van der Waals surface area contributed by atoms with Gasteiger partial charge in [0.1, 0.15) is 11.3 Å². The van der Waals surface area contributed by atoms with E-state index in [0.717, 1.165) is 6.92 Å². The van der Waals surface area contributed by atoms with Crippen LogP contribution in [-0.2, 0) is 9.53 Å². The van der Waals surface area contributed by atoms with Crippen molar-refractivity contribution in [3.8, 4) is 5.75 Å². The van der Waals surface area contributed by atoms with Crippen molar-refractivity contribution in [1.82, 2.24) is 0 Å². The minimum atomic E-state index is -0.842. The normalized spacial score (nSPS) is 9.96. The van der Waals surface area contributed by atoms with E-state index in [-0.39, 0.29) is 11.3 Å². The summed E-state index contributed by atoms with van der Waals surface area (Å²) in [5.74, 6) is -1.74. The quantitative estimate of drug-likeness (QED) is 0.385. The number of hydrogen-bond acceptors (Lipinski definition) is 4. The molecule has 0 fully saturated rings. The molecular formula is C18H29O4Sn. The monoisotopic (exact) mass is 429 g/mol. The molecule has 1 aromatic rings. The summed E-state index contributed by atoms with van der Waals surface area (Å²) in [7, 11) is 0. The van der Waals surface area contributed by atoms with Crippen LogP contribution in [0.4, 0.5) is 0 Å². The summed E-state index contributed by atoms with van der Waals surface area (Å²) in [5.41, 5.74) is -0.0160. The second-order valence-electron chi connectivity index (χ2n) is 5.40. The van der Waals surface area contributed by atoms with Crippen molar-refractivity contribution < 1.29 is 19.4 Å². The van der Waals surface area contributed by atoms with Crippen LogP contribution < -0.4 is 0 Å². The van der Waals surface area contributed by atoms with E-state index in [1.807, 2.05) is 0 Å². The van der Waals surface area contributed by atoms with E-state index in [2.05, 4.69) is 25.5 Å². The summed E-state index contributed by atoms with van der Waals surface area (Å²) in [6.45, 7) is 8.14. The molecule has 5 heteroatoms. The standard InChI is InChI=1S/C9H8O4.3C3H7.Sn/c1-6(10)13-9(12)7-4-2-3-5-8(7)11;3*1-3-2;/h2-5,11H,1H3;3*1,3H2,2H3;. The molecule has 0 aliphatic carbocycles. The van der Waals surface area contributed by atoms with Crippen LogP contribution in [0.15, 0.2) is 24.3 Å². The van der Waals surface area contributed by atoms with Crippen LogP contribution in [0.25, 0.3) is 0 Å². The Kier molecular flexibility index (Phi) is 12.8. The maximum absolute atomic E-state index is 11.1. The molecule has 0 unspecified atom stereocenters. The molecular weight excluding hydrogens is 399 g/mol. The molecule has 0 heterocycles. The Bertz CT molecular complexity index is 460. The van der Waals surface area contributed by atoms with Gasteiger partial charge in [0, 0.05) is 6.92 Å². The SMILES string of the molecule is CC(=O)OC(=O)c1ccccc1O.CC[CH2][Sn]([CH2]CC)[CH2]CC. The van der Waals surface area contributed by atoms with Gasteiger partial charge in [-0.3, -0.25) is 4.79 Å². The van der Waals surface area contributed by atoms with Gasteiger partial charge in [-0.25, -0.2) is 4.79 Å². The first-order chi connectivity index (χ1) is 11.0. The number of hydrogen-bond donors (Lipinski definition) is 1. The Morgan fingerprint density at radius 3 is 1.87 bits per heavy atom. The Labute approximate surface area is 147 Å². The van der Waals surface area contributed by atoms with Gasteiger partial charge in [0.25, 0.3) is 0 Å². The molecule has 0 saturated carbocycles. The molecule has 23 heavy (non-hydrogen) atoms. The Balaban J connectivity index is 0.000000438. The maximum atomic E-state index is 11.1. The van der Waals surface area contributed by atoms with E-state index in [4.69, 9.17) is 0 Å². The molecule has 0 atom stereocenters. The third-order valence-electron chi connectivity index (χ3n) is 3.17. The number of ether oxygens (including phenoxy) is 1. The van der Waals surface area contributed by atoms with Crippen LogP contribution >= 0.6 is 0 Å². The van der Waals surface area contributed by atoms with Crippen LogP contribution in [0.2, 0.25) is 13.3 Å². The summed E-state index contributed by atoms with van der Waals surface area (Å²) in [4.78, 5) is 21.5. The van der Waals surface area contributed by atoms with Gasteiger partial charge in [-0.1, -0.05) is 12.1 Å². The first-order valence-corrected chi connectivity index (χ1v) is 14.4. The van der Waals surface area contributed by atoms with Gasteiger partial charge in [0.2, 0.25) is 0 Å². The molecule has 0 aliphatic rings. The average Bonchev–Trinajstić information content (AvgIpc) is 2.48. The second-order valence-corrected chi connectivity index (χ2v) is 14.0. The molecule has 0 bridgehead atoms. The summed E-state index contributed by atoms with van der Waals surface area (Å²) in [6, 6.07) is 5.85. The van der Waals surface area contributed by atoms with Gasteiger partial charge < -0.3 is 9.84 Å². The number of benzene rings is 1. The van der Waals surface area contributed by atoms with Gasteiger partial charge in [-0.2, -0.15) is 0 Å². The zero-order chi connectivity index (χ0) is 17.7. The number of phenolic OH excluding ortho intramolecular Hbond substituents is 1. The number of carbonyl (C=O) groups excluding carboxylic acids is 2. The molecule has 129 valence electrons. The molecule has 1 N–H and O–H groups in total. The zero-order valence-corrected chi connectivity index (χ0v) is 17.6. The van der Waals surface area contributed by atoms with Gasteiger partial charge in [0.15, 0.2) is 0 Å². The fourth-order valence-corrected chi connectivity index (χ4v) is 10.5. The summed E-state index contributed by atoms with van der Waals surface area (Å²) < 4.78 is 9.21. The van der Waals surface area contributed by atoms with Crippen molar-refractivity contribution in [1.29, 1.82) is 0 Å². The van der Waals surface area contributed by atoms with E-state index in [1.165, 1.54) is 31.4 Å². The predicted octanol–water partition coefficient (Wildman–Crippen LogP) is 4.81. The number of carbonyl (C=O) groups is 2. The molecule has 1 aromatic carbocycles. The topological polar surface area (TPSA) is 63.6 Å². The Hall–Kier alpha value is -1.04. The molecule has 4 nitrogen and oxygen atoms in total. The van der Waals surface area contributed by atoms with E-state index in [0.29, 0.717) is 0 Å². The number of phenols is 1. The predicted molar refractivity (Wildman–Crippen MR) is 95.3 cm³/mol. The van der Waals surface area contributed by atoms with Gasteiger partial charge in [-0.05, 0) is 12.1 Å². The van der Waals surface area contributed by atoms with Crippen LogP contribution in [-0.4, -0.2) is 36.8 Å². The first-order valence-electron chi connectivity index (χ1n) is 8.30. The molecule has 0 saturated heterocycles. The molecule has 0 spiro atoms. The van der Waals surface area contributed by atoms with Crippen molar-refractivity contribution in [2.75, 3.05) is 0 Å². The fourth-order valence-electron chi connectivity index (χ4n) is 2.27. The Morgan fingerprint density at radius 1 is 1.00 bits per heavy atom. The summed E-state index contributed by atoms with van der Waals surface area (Å²) in [5, 5.41) is 9.18. The van der Waals surface area contributed by atoms with Crippen molar-refractivity contribution in [3.63, 3.8) is 0 Å². The van der Waals surface area contributed by atoms with Crippen molar-refractivity contribution in [3.05, 3.63) is 29.8 Å². The molecule has 0 aliphatic heterocycles. The number of aromatic hydroxyl groups is 1. The van der Waals surface area contributed by atoms with Gasteiger partial charge in [0.05, 0.1) is 0 Å². The van der Waals surface area contributed by atoms with E-state index >= 15 is 0 Å². The fraction of sp³-hybridized carbons (Fsp3) is 0.556. The third-order valence-corrected chi connectivity index (χ3v) is 13.5. The second kappa shape index (κ2) is 13.4. The molecule has 0 aromatic heterocycles. The third kappa shape index (κ3) is 10.4. The van der Waals surface area contributed by atoms with E-state index in [1.54, 1.807) is 25.4 Å². The van der Waals surface area contributed by atoms with Crippen LogP contribution in [0.1, 0.15) is 57.3 Å². The number of esters is 2. The van der Waals surface area contributed by atoms with Gasteiger partial charge >= 0.3 is 85.0 Å². The Morgan fingerprint density at radius 2 is 1.48 bits per heavy atom. The molecule has 1 radical (unpaired) electrons. The molecule has 1 rings (SSSR count). The van der Waals surface area contributed by atoms with Gasteiger partial charge in [-0.15, -0.1) is 0 Å². The first kappa shape index (κ1) is 22.0. The summed E-state index contributed by atoms with van der Waals surface area (Å²) in [6.07, 6.45) is 4.36. The summed E-state index contributed by atoms with van der Waals surface area (Å²) >= 11 is -0.759. The van der Waals surface area contributed by atoms with Crippen molar-refractivity contribution in [2.45, 2.75) is 60.3 Å². The van der Waals surface area contributed by atoms with Crippen molar-refractivity contribution in [2.24, 2.45) is 0 Å². The molecule has 0 amide bonds.